The molecule has 198 valence electrons. The van der Waals surface area contributed by atoms with Crippen LogP contribution < -0.4 is 19.0 Å². The minimum absolute atomic E-state index is 0.122. The second-order valence-electron chi connectivity index (χ2n) is 7.84. The van der Waals surface area contributed by atoms with Gasteiger partial charge in [-0.25, -0.2) is 8.42 Å². The average molecular weight is 556 g/mol. The first-order valence-electron chi connectivity index (χ1n) is 11.4. The summed E-state index contributed by atoms with van der Waals surface area (Å²) in [5.41, 5.74) is 1.06. The van der Waals surface area contributed by atoms with E-state index in [0.29, 0.717) is 27.4 Å². The first-order chi connectivity index (χ1) is 18.3. The van der Waals surface area contributed by atoms with Gasteiger partial charge < -0.3 is 18.8 Å². The van der Waals surface area contributed by atoms with Crippen LogP contribution in [0.5, 0.6) is 11.5 Å². The predicted molar refractivity (Wildman–Crippen MR) is 143 cm³/mol. The molecular formula is C26H25N3O7S2. The number of rotatable bonds is 9. The molecule has 0 radical (unpaired) electrons. The van der Waals surface area contributed by atoms with Gasteiger partial charge >= 0.3 is 5.97 Å². The minimum atomic E-state index is -3.77. The number of ether oxygens (including phenoxy) is 3. The molecule has 12 heteroatoms. The lowest BCUT2D eigenvalue weighted by Gasteiger charge is -2.10. The van der Waals surface area contributed by atoms with Crippen molar-refractivity contribution in [2.75, 3.05) is 25.5 Å². The molecule has 0 atom stereocenters. The molecule has 10 nitrogen and oxygen atoms in total. The maximum atomic E-state index is 13.1. The number of aromatic nitrogens is 1. The highest BCUT2D eigenvalue weighted by molar-refractivity contribution is 7.92. The molecule has 0 aliphatic carbocycles. The van der Waals surface area contributed by atoms with Gasteiger partial charge in [0, 0.05) is 11.3 Å². The largest absolute Gasteiger partial charge is 0.495 e. The van der Waals surface area contributed by atoms with Crippen LogP contribution in [0.3, 0.4) is 0 Å². The van der Waals surface area contributed by atoms with Crippen molar-refractivity contribution in [3.05, 3.63) is 77.1 Å². The lowest BCUT2D eigenvalue weighted by molar-refractivity contribution is -0.143. The van der Waals surface area contributed by atoms with E-state index in [1.807, 2.05) is 0 Å². The van der Waals surface area contributed by atoms with Crippen molar-refractivity contribution in [3.8, 4) is 11.5 Å². The number of thiazole rings is 1. The van der Waals surface area contributed by atoms with Gasteiger partial charge in [-0.3, -0.25) is 14.3 Å². The Morgan fingerprint density at radius 1 is 0.947 bits per heavy atom. The van der Waals surface area contributed by atoms with Crippen LogP contribution in [0.1, 0.15) is 17.3 Å². The molecule has 1 N–H and O–H groups in total. The van der Waals surface area contributed by atoms with Gasteiger partial charge in [0.2, 0.25) is 0 Å². The van der Waals surface area contributed by atoms with Crippen LogP contribution in [0.4, 0.5) is 5.69 Å². The van der Waals surface area contributed by atoms with Gasteiger partial charge in [0.25, 0.3) is 15.9 Å². The molecule has 0 saturated carbocycles. The van der Waals surface area contributed by atoms with E-state index >= 15 is 0 Å². The number of esters is 1. The van der Waals surface area contributed by atoms with Crippen LogP contribution in [-0.2, 0) is 26.1 Å². The predicted octanol–water partition coefficient (Wildman–Crippen LogP) is 3.83. The van der Waals surface area contributed by atoms with Crippen LogP contribution in [0.2, 0.25) is 0 Å². The number of methoxy groups -OCH3 is 2. The zero-order valence-corrected chi connectivity index (χ0v) is 22.5. The number of fused-ring (bicyclic) bond motifs is 1. The Bertz CT molecular complexity index is 1640. The number of benzene rings is 3. The average Bonchev–Trinajstić information content (AvgIpc) is 3.26. The van der Waals surface area contributed by atoms with Gasteiger partial charge in [-0.1, -0.05) is 29.5 Å². The molecular weight excluding hydrogens is 530 g/mol. The maximum absolute atomic E-state index is 13.1. The lowest BCUT2D eigenvalue weighted by Crippen LogP contribution is -2.23. The van der Waals surface area contributed by atoms with Gasteiger partial charge in [-0.05, 0) is 55.5 Å². The molecule has 38 heavy (non-hydrogen) atoms. The minimum Gasteiger partial charge on any atom is -0.495 e. The SMILES string of the molecule is CCOC(=O)Cn1c(=NC(=O)c2ccc(NS(=O)(=O)c3ccccc3)cc2)sc2c(OC)ccc(OC)c21. The molecule has 4 rings (SSSR count). The number of sulfonamides is 1. The molecule has 1 aromatic heterocycles. The summed E-state index contributed by atoms with van der Waals surface area (Å²) < 4.78 is 45.9. The quantitative estimate of drug-likeness (QED) is 0.311. The Labute approximate surface area is 223 Å². The lowest BCUT2D eigenvalue weighted by atomic mass is 10.2. The van der Waals surface area contributed by atoms with Crippen LogP contribution in [0, 0.1) is 0 Å². The summed E-state index contributed by atoms with van der Waals surface area (Å²) in [6.07, 6.45) is 0. The number of anilines is 1. The molecule has 0 aliphatic heterocycles. The molecule has 0 fully saturated rings. The third kappa shape index (κ3) is 5.71. The first kappa shape index (κ1) is 26.9. The van der Waals surface area contributed by atoms with E-state index in [-0.39, 0.29) is 28.4 Å². The number of nitrogens with one attached hydrogen (secondary N) is 1. The Kier molecular flexibility index (Phi) is 8.13. The van der Waals surface area contributed by atoms with E-state index in [0.717, 1.165) is 0 Å². The summed E-state index contributed by atoms with van der Waals surface area (Å²) in [5, 5.41) is 0. The van der Waals surface area contributed by atoms with Crippen LogP contribution in [0.15, 0.2) is 76.6 Å². The van der Waals surface area contributed by atoms with Crippen molar-refractivity contribution in [2.45, 2.75) is 18.4 Å². The number of amides is 1. The van der Waals surface area contributed by atoms with E-state index < -0.39 is 21.9 Å². The summed E-state index contributed by atoms with van der Waals surface area (Å²) in [6.45, 7) is 1.72. The standard InChI is InChI=1S/C26H25N3O7S2/c1-4-36-22(30)16-29-23-20(34-2)14-15-21(35-3)24(23)37-26(29)27-25(31)17-10-12-18(13-11-17)28-38(32,33)19-8-6-5-7-9-19/h5-15,28H,4,16H2,1-3H3. The van der Waals surface area contributed by atoms with Crippen molar-refractivity contribution in [3.63, 3.8) is 0 Å². The molecule has 0 bridgehead atoms. The molecule has 1 heterocycles. The zero-order chi connectivity index (χ0) is 27.3. The van der Waals surface area contributed by atoms with Gasteiger partial charge in [0.1, 0.15) is 28.3 Å². The fraction of sp³-hybridized carbons (Fsp3) is 0.192. The number of nitrogens with zero attached hydrogens (tertiary/aromatic N) is 2. The van der Waals surface area contributed by atoms with Crippen LogP contribution in [-0.4, -0.2) is 45.7 Å². The summed E-state index contributed by atoms with van der Waals surface area (Å²) in [6, 6.07) is 17.3. The maximum Gasteiger partial charge on any atom is 0.326 e. The second-order valence-corrected chi connectivity index (χ2v) is 10.5. The monoisotopic (exact) mass is 555 g/mol. The number of hydrogen-bond donors (Lipinski definition) is 1. The van der Waals surface area contributed by atoms with Gasteiger partial charge in [0.15, 0.2) is 4.80 Å². The van der Waals surface area contributed by atoms with E-state index in [1.165, 1.54) is 62.0 Å². The highest BCUT2D eigenvalue weighted by Crippen LogP contribution is 2.35. The van der Waals surface area contributed by atoms with Crippen LogP contribution >= 0.6 is 11.3 Å². The first-order valence-corrected chi connectivity index (χ1v) is 13.7. The topological polar surface area (TPSA) is 125 Å². The summed E-state index contributed by atoms with van der Waals surface area (Å²) in [5.74, 6) is -0.0664. The highest BCUT2D eigenvalue weighted by atomic mass is 32.2. The van der Waals surface area contributed by atoms with Crippen molar-refractivity contribution in [1.82, 2.24) is 4.57 Å². The van der Waals surface area contributed by atoms with E-state index in [9.17, 15) is 18.0 Å². The zero-order valence-electron chi connectivity index (χ0n) is 20.8. The Balaban J connectivity index is 1.70. The molecule has 4 aromatic rings. The fourth-order valence-corrected chi connectivity index (χ4v) is 5.88. The van der Waals surface area contributed by atoms with Crippen molar-refractivity contribution in [2.24, 2.45) is 4.99 Å². The summed E-state index contributed by atoms with van der Waals surface area (Å²) >= 11 is 1.17. The third-order valence-electron chi connectivity index (χ3n) is 5.42. The molecule has 1 amide bonds. The smallest absolute Gasteiger partial charge is 0.326 e. The van der Waals surface area contributed by atoms with Crippen molar-refractivity contribution in [1.29, 1.82) is 0 Å². The van der Waals surface area contributed by atoms with Crippen molar-refractivity contribution >= 4 is 49.1 Å². The Hall–Kier alpha value is -4.16. The number of hydrogen-bond acceptors (Lipinski definition) is 8. The molecule has 3 aromatic carbocycles. The van der Waals surface area contributed by atoms with Gasteiger partial charge in [-0.15, -0.1) is 0 Å². The van der Waals surface area contributed by atoms with Gasteiger partial charge in [0.05, 0.1) is 25.7 Å². The van der Waals surface area contributed by atoms with Crippen LogP contribution in [0.25, 0.3) is 10.2 Å². The summed E-state index contributed by atoms with van der Waals surface area (Å²) in [4.78, 5) is 30.1. The molecule has 0 spiro atoms. The van der Waals surface area contributed by atoms with Crippen molar-refractivity contribution < 1.29 is 32.2 Å². The Morgan fingerprint density at radius 3 is 2.24 bits per heavy atom. The van der Waals surface area contributed by atoms with E-state index in [4.69, 9.17) is 14.2 Å². The Morgan fingerprint density at radius 2 is 1.61 bits per heavy atom. The van der Waals surface area contributed by atoms with Gasteiger partial charge in [-0.2, -0.15) is 4.99 Å². The molecule has 0 unspecified atom stereocenters. The number of carbonyl (C=O) groups excluding carboxylic acids is 2. The van der Waals surface area contributed by atoms with E-state index in [2.05, 4.69) is 9.71 Å². The fourth-order valence-electron chi connectivity index (χ4n) is 3.67. The normalized spacial score (nSPS) is 11.8. The third-order valence-corrected chi connectivity index (χ3v) is 7.91. The highest BCUT2D eigenvalue weighted by Gasteiger charge is 2.19. The molecule has 0 aliphatic rings. The summed E-state index contributed by atoms with van der Waals surface area (Å²) in [7, 11) is -0.749. The van der Waals surface area contributed by atoms with E-state index in [1.54, 1.807) is 41.8 Å². The second kappa shape index (κ2) is 11.5. The molecule has 0 saturated heterocycles. The number of carbonyl (C=O) groups is 2.